The Kier molecular flexibility index (Phi) is 9.99. The molecule has 6 heteroatoms. The summed E-state index contributed by atoms with van der Waals surface area (Å²) in [6.07, 6.45) is 11.9. The summed E-state index contributed by atoms with van der Waals surface area (Å²) < 4.78 is 7.84. The molecule has 6 nitrogen and oxygen atoms in total. The zero-order chi connectivity index (χ0) is 31.1. The first-order valence-electron chi connectivity index (χ1n) is 16.0. The van der Waals surface area contributed by atoms with Crippen molar-refractivity contribution >= 4 is 17.6 Å². The van der Waals surface area contributed by atoms with E-state index in [1.54, 1.807) is 0 Å². The Balaban J connectivity index is 1.35. The minimum absolute atomic E-state index is 0.114. The van der Waals surface area contributed by atoms with Gasteiger partial charge in [-0.05, 0) is 86.4 Å². The SMILES string of the molecule is CCCCc1cccc(NC(=O)C2CCCC2)c1Cc1nccn1Cc1ccc(-c2ccccc2C(=O)OC(C)(C)C)cc1. The number of anilines is 1. The van der Waals surface area contributed by atoms with E-state index in [0.29, 0.717) is 18.5 Å². The van der Waals surface area contributed by atoms with Gasteiger partial charge in [-0.3, -0.25) is 4.79 Å². The van der Waals surface area contributed by atoms with E-state index < -0.39 is 5.60 Å². The van der Waals surface area contributed by atoms with Crippen LogP contribution in [0.25, 0.3) is 11.1 Å². The first-order chi connectivity index (χ1) is 21.2. The highest BCUT2D eigenvalue weighted by atomic mass is 16.6. The smallest absolute Gasteiger partial charge is 0.339 e. The van der Waals surface area contributed by atoms with E-state index in [-0.39, 0.29) is 17.8 Å². The zero-order valence-corrected chi connectivity index (χ0v) is 26.6. The lowest BCUT2D eigenvalue weighted by Gasteiger charge is -2.20. The number of carbonyl (C=O) groups is 2. The number of hydrogen-bond acceptors (Lipinski definition) is 4. The number of hydrogen-bond donors (Lipinski definition) is 1. The second kappa shape index (κ2) is 14.1. The van der Waals surface area contributed by atoms with Crippen molar-refractivity contribution in [2.24, 2.45) is 5.92 Å². The Bertz CT molecular complexity index is 1570. The Morgan fingerprint density at radius 1 is 0.977 bits per heavy atom. The highest BCUT2D eigenvalue weighted by molar-refractivity contribution is 5.97. The molecule has 0 spiro atoms. The van der Waals surface area contributed by atoms with E-state index in [0.717, 1.165) is 78.7 Å². The second-order valence-corrected chi connectivity index (χ2v) is 12.9. The third kappa shape index (κ3) is 7.85. The lowest BCUT2D eigenvalue weighted by atomic mass is 9.96. The van der Waals surface area contributed by atoms with Gasteiger partial charge in [0.2, 0.25) is 5.91 Å². The first-order valence-corrected chi connectivity index (χ1v) is 16.0. The predicted octanol–water partition coefficient (Wildman–Crippen LogP) is 8.62. The van der Waals surface area contributed by atoms with Gasteiger partial charge in [-0.2, -0.15) is 0 Å². The van der Waals surface area contributed by atoms with Gasteiger partial charge in [-0.15, -0.1) is 0 Å². The summed E-state index contributed by atoms with van der Waals surface area (Å²) in [7, 11) is 0. The molecule has 1 saturated carbocycles. The summed E-state index contributed by atoms with van der Waals surface area (Å²) in [5.74, 6) is 0.902. The summed E-state index contributed by atoms with van der Waals surface area (Å²) in [6, 6.07) is 22.2. The van der Waals surface area contributed by atoms with Gasteiger partial charge in [0.1, 0.15) is 11.4 Å². The number of ether oxygens (including phenoxy) is 1. The minimum atomic E-state index is -0.560. The molecule has 0 bridgehead atoms. The van der Waals surface area contributed by atoms with Crippen molar-refractivity contribution in [2.45, 2.75) is 91.2 Å². The number of rotatable bonds is 11. The fraction of sp³-hybridized carbons (Fsp3) is 0.395. The van der Waals surface area contributed by atoms with Crippen LogP contribution in [0.15, 0.2) is 79.1 Å². The largest absolute Gasteiger partial charge is 0.456 e. The molecule has 1 heterocycles. The average Bonchev–Trinajstić information content (AvgIpc) is 3.70. The van der Waals surface area contributed by atoms with Gasteiger partial charge in [0.15, 0.2) is 0 Å². The van der Waals surface area contributed by atoms with Crippen LogP contribution in [0.4, 0.5) is 5.69 Å². The Morgan fingerprint density at radius 3 is 2.45 bits per heavy atom. The molecule has 44 heavy (non-hydrogen) atoms. The van der Waals surface area contributed by atoms with E-state index in [4.69, 9.17) is 9.72 Å². The highest BCUT2D eigenvalue weighted by Crippen LogP contribution is 2.30. The number of aromatic nitrogens is 2. The van der Waals surface area contributed by atoms with Crippen molar-refractivity contribution in [3.63, 3.8) is 0 Å². The van der Waals surface area contributed by atoms with Crippen LogP contribution in [0.2, 0.25) is 0 Å². The number of imidazole rings is 1. The highest BCUT2D eigenvalue weighted by Gasteiger charge is 2.24. The predicted molar refractivity (Wildman–Crippen MR) is 177 cm³/mol. The molecule has 1 N–H and O–H groups in total. The van der Waals surface area contributed by atoms with Crippen molar-refractivity contribution < 1.29 is 14.3 Å². The normalized spacial score (nSPS) is 13.6. The standard InChI is InChI=1S/C38H45N3O3/c1-5-6-12-28-15-11-18-34(40-36(42)30-13-7-8-14-30)33(28)25-35-39-23-24-41(35)26-27-19-21-29(22-20-27)31-16-9-10-17-32(31)37(43)44-38(2,3)4/h9-11,15-24,30H,5-8,12-14,25-26H2,1-4H3,(H,40,42). The van der Waals surface area contributed by atoms with E-state index >= 15 is 0 Å². The molecule has 5 rings (SSSR count). The van der Waals surface area contributed by atoms with Crippen molar-refractivity contribution in [2.75, 3.05) is 5.32 Å². The number of amides is 1. The summed E-state index contributed by atoms with van der Waals surface area (Å²) >= 11 is 0. The third-order valence-corrected chi connectivity index (χ3v) is 8.36. The van der Waals surface area contributed by atoms with Gasteiger partial charge in [-0.1, -0.05) is 80.8 Å². The summed E-state index contributed by atoms with van der Waals surface area (Å²) in [5.41, 5.74) is 6.31. The van der Waals surface area contributed by atoms with E-state index in [2.05, 4.69) is 53.2 Å². The summed E-state index contributed by atoms with van der Waals surface area (Å²) in [6.45, 7) is 8.51. The maximum Gasteiger partial charge on any atom is 0.339 e. The molecule has 0 radical (unpaired) electrons. The summed E-state index contributed by atoms with van der Waals surface area (Å²) in [5, 5.41) is 3.29. The second-order valence-electron chi connectivity index (χ2n) is 12.9. The zero-order valence-electron chi connectivity index (χ0n) is 26.6. The molecule has 1 fully saturated rings. The van der Waals surface area contributed by atoms with Crippen molar-refractivity contribution in [1.29, 1.82) is 0 Å². The van der Waals surface area contributed by atoms with Crippen LogP contribution < -0.4 is 5.32 Å². The van der Waals surface area contributed by atoms with Crippen LogP contribution in [0.5, 0.6) is 0 Å². The molecule has 1 aliphatic rings. The van der Waals surface area contributed by atoms with Crippen molar-refractivity contribution in [3.05, 3.63) is 107 Å². The van der Waals surface area contributed by atoms with Gasteiger partial charge in [0.05, 0.1) is 5.56 Å². The minimum Gasteiger partial charge on any atom is -0.456 e. The topological polar surface area (TPSA) is 73.2 Å². The molecular weight excluding hydrogens is 546 g/mol. The maximum absolute atomic E-state index is 13.1. The van der Waals surface area contributed by atoms with Gasteiger partial charge in [0.25, 0.3) is 0 Å². The fourth-order valence-corrected chi connectivity index (χ4v) is 6.03. The van der Waals surface area contributed by atoms with E-state index in [1.165, 1.54) is 5.56 Å². The molecule has 0 unspecified atom stereocenters. The van der Waals surface area contributed by atoms with Crippen LogP contribution in [0.1, 0.15) is 99.1 Å². The van der Waals surface area contributed by atoms with Crippen LogP contribution in [0, 0.1) is 5.92 Å². The Morgan fingerprint density at radius 2 is 1.73 bits per heavy atom. The number of nitrogens with one attached hydrogen (secondary N) is 1. The third-order valence-electron chi connectivity index (χ3n) is 8.36. The van der Waals surface area contributed by atoms with Crippen molar-refractivity contribution in [3.8, 4) is 11.1 Å². The average molecular weight is 592 g/mol. The number of unbranched alkanes of at least 4 members (excludes halogenated alkanes) is 1. The molecule has 1 aliphatic carbocycles. The van der Waals surface area contributed by atoms with Gasteiger partial charge in [0, 0.05) is 37.0 Å². The lowest BCUT2D eigenvalue weighted by molar-refractivity contribution is -0.119. The number of benzene rings is 3. The van der Waals surface area contributed by atoms with Crippen LogP contribution in [-0.4, -0.2) is 27.0 Å². The van der Waals surface area contributed by atoms with Gasteiger partial charge >= 0.3 is 5.97 Å². The Labute approximate surface area is 261 Å². The first kappa shape index (κ1) is 31.2. The van der Waals surface area contributed by atoms with Crippen LogP contribution in [0.3, 0.4) is 0 Å². The molecule has 1 amide bonds. The number of carbonyl (C=O) groups excluding carboxylic acids is 2. The van der Waals surface area contributed by atoms with Crippen LogP contribution in [-0.2, 0) is 28.9 Å². The molecule has 4 aromatic rings. The van der Waals surface area contributed by atoms with Gasteiger partial charge < -0.3 is 14.6 Å². The molecule has 3 aromatic carbocycles. The van der Waals surface area contributed by atoms with Gasteiger partial charge in [-0.25, -0.2) is 9.78 Å². The fourth-order valence-electron chi connectivity index (χ4n) is 6.03. The van der Waals surface area contributed by atoms with Crippen LogP contribution >= 0.6 is 0 Å². The summed E-state index contributed by atoms with van der Waals surface area (Å²) in [4.78, 5) is 30.7. The number of nitrogens with zero attached hydrogens (tertiary/aromatic N) is 2. The van der Waals surface area contributed by atoms with E-state index in [9.17, 15) is 9.59 Å². The molecule has 1 aromatic heterocycles. The molecule has 0 atom stereocenters. The molecule has 0 saturated heterocycles. The number of esters is 1. The number of aryl methyl sites for hydroxylation is 1. The lowest BCUT2D eigenvalue weighted by Crippen LogP contribution is -2.24. The molecule has 230 valence electrons. The quantitative estimate of drug-likeness (QED) is 0.177. The molecule has 0 aliphatic heterocycles. The van der Waals surface area contributed by atoms with E-state index in [1.807, 2.05) is 63.5 Å². The Hall–Kier alpha value is -4.19. The molecular formula is C38H45N3O3. The van der Waals surface area contributed by atoms with Crippen molar-refractivity contribution in [1.82, 2.24) is 9.55 Å². The monoisotopic (exact) mass is 591 g/mol. The maximum atomic E-state index is 13.1.